The lowest BCUT2D eigenvalue weighted by Crippen LogP contribution is -2.30. The molecule has 1 fully saturated rings. The van der Waals surface area contributed by atoms with Gasteiger partial charge in [-0.15, -0.1) is 0 Å². The highest BCUT2D eigenvalue weighted by molar-refractivity contribution is 5.67. The first-order chi connectivity index (χ1) is 11.0. The van der Waals surface area contributed by atoms with Gasteiger partial charge in [-0.3, -0.25) is 4.90 Å². The van der Waals surface area contributed by atoms with Crippen LogP contribution in [-0.4, -0.2) is 24.5 Å². The molecule has 4 heteroatoms. The molecule has 0 bridgehead atoms. The second-order valence-corrected chi connectivity index (χ2v) is 6.80. The Morgan fingerprint density at radius 1 is 1.13 bits per heavy atom. The SMILES string of the molecule is FC(F)(F)c1cccc(C2=CCN(CCC3CCCC3)CC2)c1. The van der Waals surface area contributed by atoms with Gasteiger partial charge in [-0.2, -0.15) is 13.2 Å². The third-order valence-electron chi connectivity index (χ3n) is 5.18. The van der Waals surface area contributed by atoms with Crippen molar-refractivity contribution < 1.29 is 13.2 Å². The fraction of sp³-hybridized carbons (Fsp3) is 0.579. The van der Waals surface area contributed by atoms with Crippen LogP contribution in [0.5, 0.6) is 0 Å². The molecule has 1 heterocycles. The van der Waals surface area contributed by atoms with E-state index in [9.17, 15) is 13.2 Å². The molecule has 0 unspecified atom stereocenters. The van der Waals surface area contributed by atoms with Crippen molar-refractivity contribution in [3.8, 4) is 0 Å². The fourth-order valence-corrected chi connectivity index (χ4v) is 3.74. The van der Waals surface area contributed by atoms with Crippen LogP contribution in [0.15, 0.2) is 30.3 Å². The summed E-state index contributed by atoms with van der Waals surface area (Å²) in [6.45, 7) is 2.93. The highest BCUT2D eigenvalue weighted by atomic mass is 19.4. The molecule has 1 saturated carbocycles. The van der Waals surface area contributed by atoms with Gasteiger partial charge in [-0.05, 0) is 48.6 Å². The van der Waals surface area contributed by atoms with Crippen molar-refractivity contribution in [3.63, 3.8) is 0 Å². The summed E-state index contributed by atoms with van der Waals surface area (Å²) >= 11 is 0. The van der Waals surface area contributed by atoms with Crippen LogP contribution in [0.1, 0.15) is 49.7 Å². The van der Waals surface area contributed by atoms with Crippen LogP contribution >= 0.6 is 0 Å². The molecule has 1 nitrogen and oxygen atoms in total. The van der Waals surface area contributed by atoms with E-state index in [1.165, 1.54) is 44.2 Å². The van der Waals surface area contributed by atoms with E-state index < -0.39 is 11.7 Å². The first kappa shape index (κ1) is 16.6. The average molecular weight is 323 g/mol. The summed E-state index contributed by atoms with van der Waals surface area (Å²) in [5, 5.41) is 0. The Hall–Kier alpha value is -1.29. The van der Waals surface area contributed by atoms with E-state index in [1.54, 1.807) is 6.07 Å². The molecule has 1 aliphatic carbocycles. The van der Waals surface area contributed by atoms with Crippen LogP contribution in [0, 0.1) is 5.92 Å². The summed E-state index contributed by atoms with van der Waals surface area (Å²) in [6.07, 6.45) is 5.46. The molecule has 1 aromatic rings. The number of nitrogens with zero attached hydrogens (tertiary/aromatic N) is 1. The van der Waals surface area contributed by atoms with Gasteiger partial charge in [0.05, 0.1) is 5.56 Å². The Labute approximate surface area is 136 Å². The first-order valence-corrected chi connectivity index (χ1v) is 8.61. The van der Waals surface area contributed by atoms with Crippen LogP contribution in [0.4, 0.5) is 13.2 Å². The normalized spacial score (nSPS) is 20.7. The summed E-state index contributed by atoms with van der Waals surface area (Å²) in [4.78, 5) is 2.43. The zero-order chi connectivity index (χ0) is 16.3. The summed E-state index contributed by atoms with van der Waals surface area (Å²) in [7, 11) is 0. The van der Waals surface area contributed by atoms with Crippen molar-refractivity contribution in [2.45, 2.75) is 44.7 Å². The van der Waals surface area contributed by atoms with E-state index in [1.807, 2.05) is 0 Å². The molecule has 0 spiro atoms. The molecule has 1 aromatic carbocycles. The van der Waals surface area contributed by atoms with Crippen LogP contribution in [-0.2, 0) is 6.18 Å². The smallest absolute Gasteiger partial charge is 0.299 e. The lowest BCUT2D eigenvalue weighted by atomic mass is 9.97. The predicted molar refractivity (Wildman–Crippen MR) is 87.1 cm³/mol. The summed E-state index contributed by atoms with van der Waals surface area (Å²) in [5.74, 6) is 0.892. The van der Waals surface area contributed by atoms with Crippen molar-refractivity contribution in [1.29, 1.82) is 0 Å². The van der Waals surface area contributed by atoms with Gasteiger partial charge in [-0.1, -0.05) is 43.9 Å². The second kappa shape index (κ2) is 7.08. The van der Waals surface area contributed by atoms with E-state index in [2.05, 4.69) is 11.0 Å². The lowest BCUT2D eigenvalue weighted by molar-refractivity contribution is -0.137. The average Bonchev–Trinajstić information content (AvgIpc) is 3.06. The van der Waals surface area contributed by atoms with E-state index in [-0.39, 0.29) is 0 Å². The number of rotatable bonds is 4. The maximum atomic E-state index is 12.8. The molecule has 0 saturated heterocycles. The van der Waals surface area contributed by atoms with Crippen molar-refractivity contribution in [2.24, 2.45) is 5.92 Å². The van der Waals surface area contributed by atoms with Gasteiger partial charge >= 0.3 is 6.18 Å². The quantitative estimate of drug-likeness (QED) is 0.719. The third kappa shape index (κ3) is 4.37. The molecular weight excluding hydrogens is 299 g/mol. The minimum absolute atomic E-state index is 0.556. The van der Waals surface area contributed by atoms with E-state index in [4.69, 9.17) is 0 Å². The Bertz CT molecular complexity index is 556. The van der Waals surface area contributed by atoms with Gasteiger partial charge in [0.25, 0.3) is 0 Å². The zero-order valence-electron chi connectivity index (χ0n) is 13.4. The molecular formula is C19H24F3N. The zero-order valence-corrected chi connectivity index (χ0v) is 13.4. The van der Waals surface area contributed by atoms with Crippen molar-refractivity contribution in [3.05, 3.63) is 41.5 Å². The van der Waals surface area contributed by atoms with Gasteiger partial charge in [0.2, 0.25) is 0 Å². The number of benzene rings is 1. The second-order valence-electron chi connectivity index (χ2n) is 6.80. The molecule has 0 N–H and O–H groups in total. The Balaban J connectivity index is 1.58. The molecule has 0 radical (unpaired) electrons. The first-order valence-electron chi connectivity index (χ1n) is 8.61. The Morgan fingerprint density at radius 3 is 2.57 bits per heavy atom. The monoisotopic (exact) mass is 323 g/mol. The lowest BCUT2D eigenvalue weighted by Gasteiger charge is -2.27. The van der Waals surface area contributed by atoms with Crippen LogP contribution in [0.25, 0.3) is 5.57 Å². The maximum absolute atomic E-state index is 12.8. The van der Waals surface area contributed by atoms with E-state index in [0.717, 1.165) is 49.2 Å². The van der Waals surface area contributed by atoms with Crippen LogP contribution in [0.3, 0.4) is 0 Å². The van der Waals surface area contributed by atoms with Gasteiger partial charge in [0.15, 0.2) is 0 Å². The molecule has 126 valence electrons. The van der Waals surface area contributed by atoms with Gasteiger partial charge in [0, 0.05) is 13.1 Å². The number of halogens is 3. The van der Waals surface area contributed by atoms with E-state index in [0.29, 0.717) is 0 Å². The third-order valence-corrected chi connectivity index (χ3v) is 5.18. The molecule has 0 atom stereocenters. The van der Waals surface area contributed by atoms with Crippen LogP contribution in [0.2, 0.25) is 0 Å². The Kier molecular flexibility index (Phi) is 5.10. The van der Waals surface area contributed by atoms with Crippen LogP contribution < -0.4 is 0 Å². The van der Waals surface area contributed by atoms with Gasteiger partial charge in [-0.25, -0.2) is 0 Å². The number of alkyl halides is 3. The molecule has 2 aliphatic rings. The molecule has 0 amide bonds. The minimum Gasteiger partial charge on any atom is -0.299 e. The van der Waals surface area contributed by atoms with E-state index >= 15 is 0 Å². The highest BCUT2D eigenvalue weighted by Crippen LogP contribution is 2.32. The minimum atomic E-state index is -4.27. The van der Waals surface area contributed by atoms with Gasteiger partial charge in [0.1, 0.15) is 0 Å². The topological polar surface area (TPSA) is 3.24 Å². The summed E-state index contributed by atoms with van der Waals surface area (Å²) in [5.41, 5.74) is 1.21. The summed E-state index contributed by atoms with van der Waals surface area (Å²) < 4.78 is 38.5. The molecule has 3 rings (SSSR count). The standard InChI is InChI=1S/C19H24F3N/c20-19(21,22)18-7-3-6-17(14-18)16-9-12-23(13-10-16)11-8-15-4-1-2-5-15/h3,6-7,9,14-15H,1-2,4-5,8,10-13H2. The highest BCUT2D eigenvalue weighted by Gasteiger charge is 2.30. The van der Waals surface area contributed by atoms with Crippen molar-refractivity contribution >= 4 is 5.57 Å². The predicted octanol–water partition coefficient (Wildman–Crippen LogP) is 5.37. The maximum Gasteiger partial charge on any atom is 0.416 e. The summed E-state index contributed by atoms with van der Waals surface area (Å²) in [6, 6.07) is 5.71. The van der Waals surface area contributed by atoms with Crippen molar-refractivity contribution in [1.82, 2.24) is 4.90 Å². The largest absolute Gasteiger partial charge is 0.416 e. The molecule has 23 heavy (non-hydrogen) atoms. The number of hydrogen-bond donors (Lipinski definition) is 0. The van der Waals surface area contributed by atoms with Gasteiger partial charge < -0.3 is 0 Å². The fourth-order valence-electron chi connectivity index (χ4n) is 3.74. The molecule has 0 aromatic heterocycles. The molecule has 1 aliphatic heterocycles. The Morgan fingerprint density at radius 2 is 1.91 bits per heavy atom. The number of hydrogen-bond acceptors (Lipinski definition) is 1. The van der Waals surface area contributed by atoms with Crippen molar-refractivity contribution in [2.75, 3.05) is 19.6 Å².